The van der Waals surface area contributed by atoms with E-state index in [1.807, 2.05) is 6.08 Å². The van der Waals surface area contributed by atoms with Gasteiger partial charge in [-0.3, -0.25) is 0 Å². The molecule has 0 fully saturated rings. The molecule has 0 saturated heterocycles. The fraction of sp³-hybridized carbons (Fsp3) is 0.429. The molecule has 126 valence electrons. The van der Waals surface area contributed by atoms with Crippen molar-refractivity contribution in [3.8, 4) is 5.75 Å². The van der Waals surface area contributed by atoms with Crippen LogP contribution in [-0.2, 0) is 0 Å². The molecule has 23 heavy (non-hydrogen) atoms. The summed E-state index contributed by atoms with van der Waals surface area (Å²) in [5.41, 5.74) is 4.93. The van der Waals surface area contributed by atoms with Gasteiger partial charge in [0.15, 0.2) is 0 Å². The zero-order valence-electron chi connectivity index (χ0n) is 15.4. The molecule has 0 heterocycles. The molecule has 0 N–H and O–H groups in total. The summed E-state index contributed by atoms with van der Waals surface area (Å²) in [5.74, 6) is 0.929. The van der Waals surface area contributed by atoms with E-state index in [2.05, 4.69) is 76.4 Å². The summed E-state index contributed by atoms with van der Waals surface area (Å²) in [6.07, 6.45) is 4.06. The van der Waals surface area contributed by atoms with E-state index >= 15 is 0 Å². The Kier molecular flexibility index (Phi) is 8.42. The molecule has 0 spiro atoms. The van der Waals surface area contributed by atoms with Crippen LogP contribution in [0.5, 0.6) is 5.75 Å². The lowest BCUT2D eigenvalue weighted by atomic mass is 9.95. The van der Waals surface area contributed by atoms with Gasteiger partial charge in [0, 0.05) is 6.54 Å². The molecule has 1 aromatic rings. The van der Waals surface area contributed by atoms with Crippen molar-refractivity contribution in [3.05, 3.63) is 59.7 Å². The maximum atomic E-state index is 5.85. The minimum Gasteiger partial charge on any atom is -0.492 e. The summed E-state index contributed by atoms with van der Waals surface area (Å²) in [7, 11) is 0. The molecular formula is C21H31NO. The van der Waals surface area contributed by atoms with Crippen LogP contribution in [0.4, 0.5) is 0 Å². The Morgan fingerprint density at radius 3 is 2.22 bits per heavy atom. The van der Waals surface area contributed by atoms with Crippen molar-refractivity contribution in [3.63, 3.8) is 0 Å². The van der Waals surface area contributed by atoms with Gasteiger partial charge in [0.25, 0.3) is 0 Å². The second kappa shape index (κ2) is 10.1. The molecule has 0 aliphatic heterocycles. The van der Waals surface area contributed by atoms with Gasteiger partial charge in [-0.25, -0.2) is 0 Å². The minimum atomic E-state index is 0.728. The average Bonchev–Trinajstić information content (AvgIpc) is 2.59. The lowest BCUT2D eigenvalue weighted by molar-refractivity contribution is 0.223. The average molecular weight is 313 g/mol. The van der Waals surface area contributed by atoms with Gasteiger partial charge in [-0.1, -0.05) is 44.7 Å². The highest BCUT2D eigenvalue weighted by Crippen LogP contribution is 2.27. The standard InChI is InChI=1S/C21H31NO/c1-7-17(5)18(6)21(8-2)19-11-13-20(14-12-19)23-16-15-22(9-3)10-4/h7-8,11-14H,1,9-10,15-16H2,2-6H3/b18-17-,21-8-. The van der Waals surface area contributed by atoms with Crippen LogP contribution in [-0.4, -0.2) is 31.1 Å². The van der Waals surface area contributed by atoms with Crippen LogP contribution in [0.25, 0.3) is 5.57 Å². The van der Waals surface area contributed by atoms with Crippen LogP contribution in [0.2, 0.25) is 0 Å². The molecule has 0 saturated carbocycles. The van der Waals surface area contributed by atoms with Crippen molar-refractivity contribution in [2.45, 2.75) is 34.6 Å². The Hall–Kier alpha value is -1.80. The van der Waals surface area contributed by atoms with Crippen LogP contribution < -0.4 is 4.74 Å². The normalized spacial score (nSPS) is 13.0. The number of nitrogens with zero attached hydrogens (tertiary/aromatic N) is 1. The van der Waals surface area contributed by atoms with Gasteiger partial charge in [-0.05, 0) is 68.3 Å². The van der Waals surface area contributed by atoms with Gasteiger partial charge < -0.3 is 9.64 Å². The largest absolute Gasteiger partial charge is 0.492 e. The molecule has 0 aliphatic rings. The second-order valence-corrected chi connectivity index (χ2v) is 5.61. The van der Waals surface area contributed by atoms with Crippen molar-refractivity contribution in [1.82, 2.24) is 4.90 Å². The minimum absolute atomic E-state index is 0.728. The number of ether oxygens (including phenoxy) is 1. The Balaban J connectivity index is 2.74. The molecule has 2 nitrogen and oxygen atoms in total. The topological polar surface area (TPSA) is 12.5 Å². The van der Waals surface area contributed by atoms with Gasteiger partial charge in [0.2, 0.25) is 0 Å². The molecule has 1 rings (SSSR count). The number of likely N-dealkylation sites (N-methyl/N-ethyl adjacent to an activating group) is 1. The van der Waals surface area contributed by atoms with E-state index in [1.54, 1.807) is 0 Å². The van der Waals surface area contributed by atoms with E-state index in [0.29, 0.717) is 0 Å². The third-order valence-electron chi connectivity index (χ3n) is 4.33. The number of rotatable bonds is 9. The third-order valence-corrected chi connectivity index (χ3v) is 4.33. The fourth-order valence-corrected chi connectivity index (χ4v) is 2.53. The predicted octanol–water partition coefficient (Wildman–Crippen LogP) is 5.33. The van der Waals surface area contributed by atoms with E-state index < -0.39 is 0 Å². The summed E-state index contributed by atoms with van der Waals surface area (Å²) >= 11 is 0. The summed E-state index contributed by atoms with van der Waals surface area (Å²) in [6, 6.07) is 8.36. The summed E-state index contributed by atoms with van der Waals surface area (Å²) in [4.78, 5) is 2.36. The molecule has 0 atom stereocenters. The zero-order valence-corrected chi connectivity index (χ0v) is 15.4. The van der Waals surface area contributed by atoms with Gasteiger partial charge in [0.05, 0.1) is 0 Å². The predicted molar refractivity (Wildman–Crippen MR) is 102 cm³/mol. The van der Waals surface area contributed by atoms with Crippen molar-refractivity contribution < 1.29 is 4.74 Å². The van der Waals surface area contributed by atoms with Gasteiger partial charge in [-0.2, -0.15) is 0 Å². The molecule has 1 aromatic carbocycles. The highest BCUT2D eigenvalue weighted by Gasteiger charge is 2.06. The summed E-state index contributed by atoms with van der Waals surface area (Å²) < 4.78 is 5.85. The molecule has 0 amide bonds. The Morgan fingerprint density at radius 2 is 1.74 bits per heavy atom. The summed E-state index contributed by atoms with van der Waals surface area (Å²) in [6.45, 7) is 18.4. The number of hydrogen-bond acceptors (Lipinski definition) is 2. The maximum Gasteiger partial charge on any atom is 0.119 e. The first-order valence-corrected chi connectivity index (χ1v) is 8.49. The zero-order chi connectivity index (χ0) is 17.2. The smallest absolute Gasteiger partial charge is 0.119 e. The fourth-order valence-electron chi connectivity index (χ4n) is 2.53. The molecule has 0 bridgehead atoms. The van der Waals surface area contributed by atoms with Crippen molar-refractivity contribution in [2.75, 3.05) is 26.2 Å². The van der Waals surface area contributed by atoms with Crippen LogP contribution in [0.1, 0.15) is 40.2 Å². The van der Waals surface area contributed by atoms with Crippen LogP contribution in [0, 0.1) is 0 Å². The van der Waals surface area contributed by atoms with E-state index in [4.69, 9.17) is 4.74 Å². The quantitative estimate of drug-likeness (QED) is 0.571. The van der Waals surface area contributed by atoms with Crippen molar-refractivity contribution in [2.24, 2.45) is 0 Å². The van der Waals surface area contributed by atoms with Gasteiger partial charge >= 0.3 is 0 Å². The monoisotopic (exact) mass is 313 g/mol. The van der Waals surface area contributed by atoms with Crippen LogP contribution in [0.15, 0.2) is 54.1 Å². The van der Waals surface area contributed by atoms with Crippen LogP contribution in [0.3, 0.4) is 0 Å². The van der Waals surface area contributed by atoms with Crippen molar-refractivity contribution in [1.29, 1.82) is 0 Å². The molecule has 0 aliphatic carbocycles. The van der Waals surface area contributed by atoms with Gasteiger partial charge in [-0.15, -0.1) is 0 Å². The summed E-state index contributed by atoms with van der Waals surface area (Å²) in [5, 5.41) is 0. The highest BCUT2D eigenvalue weighted by molar-refractivity contribution is 5.79. The molecule has 0 radical (unpaired) electrons. The van der Waals surface area contributed by atoms with Crippen molar-refractivity contribution >= 4 is 5.57 Å². The third kappa shape index (κ3) is 5.72. The maximum absolute atomic E-state index is 5.85. The molecule has 2 heteroatoms. The first-order chi connectivity index (χ1) is 11.1. The Labute approximate surface area is 142 Å². The molecule has 0 aromatic heterocycles. The van der Waals surface area contributed by atoms with E-state index in [9.17, 15) is 0 Å². The molecule has 0 unspecified atom stereocenters. The lowest BCUT2D eigenvalue weighted by Crippen LogP contribution is -2.27. The van der Waals surface area contributed by atoms with Gasteiger partial charge in [0.1, 0.15) is 12.4 Å². The lowest BCUT2D eigenvalue weighted by Gasteiger charge is -2.18. The Bertz CT molecular complexity index is 548. The highest BCUT2D eigenvalue weighted by atomic mass is 16.5. The first kappa shape index (κ1) is 19.2. The molecular weight excluding hydrogens is 282 g/mol. The first-order valence-electron chi connectivity index (χ1n) is 8.49. The van der Waals surface area contributed by atoms with E-state index in [0.717, 1.165) is 32.0 Å². The number of hydrogen-bond donors (Lipinski definition) is 0. The van der Waals surface area contributed by atoms with E-state index in [-0.39, 0.29) is 0 Å². The van der Waals surface area contributed by atoms with E-state index in [1.165, 1.54) is 22.3 Å². The SMILES string of the molecule is C=C/C(C)=C(C)\C(=C\C)c1ccc(OCCN(CC)CC)cc1. The Morgan fingerprint density at radius 1 is 1.13 bits per heavy atom. The number of allylic oxidation sites excluding steroid dienone is 5. The number of benzene rings is 1. The second-order valence-electron chi connectivity index (χ2n) is 5.61. The van der Waals surface area contributed by atoms with Crippen LogP contribution >= 0.6 is 0 Å².